The summed E-state index contributed by atoms with van der Waals surface area (Å²) >= 11 is 12.0. The zero-order chi connectivity index (χ0) is 22.5. The number of benzene rings is 3. The highest BCUT2D eigenvalue weighted by Crippen LogP contribution is 2.31. The Hall–Kier alpha value is -3.48. The SMILES string of the molecule is COC(=O)C(Oc1cccc(-c2cnc(Nc3ccc(Cl)c(Cl)c3)o2)c1)c1ccccc1. The highest BCUT2D eigenvalue weighted by atomic mass is 35.5. The van der Waals surface area contributed by atoms with E-state index in [0.29, 0.717) is 38.8 Å². The summed E-state index contributed by atoms with van der Waals surface area (Å²) in [6.07, 6.45) is 0.701. The first-order valence-electron chi connectivity index (χ1n) is 9.61. The first kappa shape index (κ1) is 21.7. The van der Waals surface area contributed by atoms with Crippen molar-refractivity contribution in [2.45, 2.75) is 6.10 Å². The highest BCUT2D eigenvalue weighted by Gasteiger charge is 2.23. The molecule has 0 spiro atoms. The molecule has 4 rings (SSSR count). The van der Waals surface area contributed by atoms with Gasteiger partial charge in [-0.05, 0) is 30.3 Å². The van der Waals surface area contributed by atoms with Crippen molar-refractivity contribution in [2.75, 3.05) is 12.4 Å². The Bertz CT molecular complexity index is 1230. The minimum atomic E-state index is -0.891. The summed E-state index contributed by atoms with van der Waals surface area (Å²) in [5.41, 5.74) is 2.11. The number of aromatic nitrogens is 1. The Morgan fingerprint density at radius 2 is 1.81 bits per heavy atom. The van der Waals surface area contributed by atoms with Crippen LogP contribution in [0.4, 0.5) is 11.7 Å². The summed E-state index contributed by atoms with van der Waals surface area (Å²) in [5.74, 6) is 0.513. The Balaban J connectivity index is 1.54. The van der Waals surface area contributed by atoms with Crippen LogP contribution in [0.5, 0.6) is 5.75 Å². The van der Waals surface area contributed by atoms with Crippen LogP contribution >= 0.6 is 23.2 Å². The molecular formula is C24H18Cl2N2O4. The highest BCUT2D eigenvalue weighted by molar-refractivity contribution is 6.42. The lowest BCUT2D eigenvalue weighted by Gasteiger charge is -2.17. The zero-order valence-corrected chi connectivity index (χ0v) is 18.4. The van der Waals surface area contributed by atoms with Crippen LogP contribution in [0.2, 0.25) is 10.0 Å². The van der Waals surface area contributed by atoms with Gasteiger partial charge in [-0.2, -0.15) is 0 Å². The normalized spacial score (nSPS) is 11.6. The number of nitrogens with one attached hydrogen (secondary N) is 1. The molecule has 3 aromatic carbocycles. The van der Waals surface area contributed by atoms with Gasteiger partial charge in [0.1, 0.15) is 5.75 Å². The molecular weight excluding hydrogens is 451 g/mol. The summed E-state index contributed by atoms with van der Waals surface area (Å²) < 4.78 is 16.7. The minimum Gasteiger partial charge on any atom is -0.474 e. The summed E-state index contributed by atoms with van der Waals surface area (Å²) in [5, 5.41) is 3.92. The van der Waals surface area contributed by atoms with Crippen LogP contribution < -0.4 is 10.1 Å². The Kier molecular flexibility index (Phi) is 6.63. The number of halogens is 2. The summed E-state index contributed by atoms with van der Waals surface area (Å²) in [6.45, 7) is 0. The Morgan fingerprint density at radius 1 is 1.00 bits per heavy atom. The van der Waals surface area contributed by atoms with Crippen LogP contribution in [0, 0.1) is 0 Å². The second kappa shape index (κ2) is 9.77. The largest absolute Gasteiger partial charge is 0.474 e. The van der Waals surface area contributed by atoms with Crippen LogP contribution in [-0.4, -0.2) is 18.1 Å². The van der Waals surface area contributed by atoms with Crippen LogP contribution in [0.15, 0.2) is 83.4 Å². The molecule has 4 aromatic rings. The number of hydrogen-bond acceptors (Lipinski definition) is 6. The van der Waals surface area contributed by atoms with Gasteiger partial charge < -0.3 is 19.2 Å². The van der Waals surface area contributed by atoms with Crippen LogP contribution in [0.1, 0.15) is 11.7 Å². The second-order valence-corrected chi connectivity index (χ2v) is 7.56. The Morgan fingerprint density at radius 3 is 2.56 bits per heavy atom. The molecule has 0 amide bonds. The van der Waals surface area contributed by atoms with E-state index < -0.39 is 12.1 Å². The molecule has 6 nitrogen and oxygen atoms in total. The molecule has 0 saturated heterocycles. The predicted octanol–water partition coefficient (Wildman–Crippen LogP) is 6.69. The van der Waals surface area contributed by atoms with Gasteiger partial charge in [-0.15, -0.1) is 0 Å². The molecule has 0 aliphatic rings. The summed E-state index contributed by atoms with van der Waals surface area (Å²) in [7, 11) is 1.33. The fraction of sp³-hybridized carbons (Fsp3) is 0.0833. The van der Waals surface area contributed by atoms with E-state index in [4.69, 9.17) is 37.1 Å². The van der Waals surface area contributed by atoms with E-state index in [1.807, 2.05) is 36.4 Å². The molecule has 0 saturated carbocycles. The molecule has 0 bridgehead atoms. The number of carbonyl (C=O) groups is 1. The van der Waals surface area contributed by atoms with E-state index in [1.54, 1.807) is 42.6 Å². The van der Waals surface area contributed by atoms with Gasteiger partial charge in [0.15, 0.2) is 5.76 Å². The van der Waals surface area contributed by atoms with Crippen molar-refractivity contribution in [1.29, 1.82) is 0 Å². The predicted molar refractivity (Wildman–Crippen MR) is 124 cm³/mol. The van der Waals surface area contributed by atoms with Crippen LogP contribution in [0.25, 0.3) is 11.3 Å². The van der Waals surface area contributed by atoms with Crippen molar-refractivity contribution in [3.05, 3.63) is 94.6 Å². The van der Waals surface area contributed by atoms with E-state index in [2.05, 4.69) is 10.3 Å². The first-order chi connectivity index (χ1) is 15.5. The number of hydrogen-bond donors (Lipinski definition) is 1. The van der Waals surface area contributed by atoms with Gasteiger partial charge in [-0.25, -0.2) is 9.78 Å². The number of oxazole rings is 1. The molecule has 8 heteroatoms. The maximum Gasteiger partial charge on any atom is 0.351 e. The lowest BCUT2D eigenvalue weighted by Crippen LogP contribution is -2.20. The van der Waals surface area contributed by atoms with E-state index in [0.717, 1.165) is 5.56 Å². The molecule has 1 atom stereocenters. The number of anilines is 2. The molecule has 0 radical (unpaired) electrons. The summed E-state index contributed by atoms with van der Waals surface area (Å²) in [6, 6.07) is 21.8. The number of rotatable bonds is 7. The average Bonchev–Trinajstić information content (AvgIpc) is 3.29. The number of esters is 1. The third-order valence-corrected chi connectivity index (χ3v) is 5.31. The van der Waals surface area contributed by atoms with Gasteiger partial charge in [0.25, 0.3) is 6.01 Å². The molecule has 1 aromatic heterocycles. The Labute approximate surface area is 194 Å². The van der Waals surface area contributed by atoms with E-state index in [1.165, 1.54) is 7.11 Å². The monoisotopic (exact) mass is 468 g/mol. The van der Waals surface area contributed by atoms with Crippen molar-refractivity contribution < 1.29 is 18.7 Å². The van der Waals surface area contributed by atoms with Gasteiger partial charge in [0.05, 0.1) is 23.4 Å². The van der Waals surface area contributed by atoms with Crippen LogP contribution in [0.3, 0.4) is 0 Å². The van der Waals surface area contributed by atoms with Crippen molar-refractivity contribution >= 4 is 40.9 Å². The molecule has 162 valence electrons. The minimum absolute atomic E-state index is 0.293. The fourth-order valence-corrected chi connectivity index (χ4v) is 3.31. The number of carbonyl (C=O) groups excluding carboxylic acids is 1. The lowest BCUT2D eigenvalue weighted by atomic mass is 10.1. The smallest absolute Gasteiger partial charge is 0.351 e. The molecule has 0 aliphatic heterocycles. The van der Waals surface area contributed by atoms with Crippen LogP contribution in [-0.2, 0) is 9.53 Å². The van der Waals surface area contributed by atoms with Gasteiger partial charge in [0.2, 0.25) is 6.10 Å². The standard InChI is InChI=1S/C24H18Cl2N2O4/c1-30-23(29)22(15-6-3-2-4-7-15)31-18-9-5-8-16(12-18)21-14-27-24(32-21)28-17-10-11-19(25)20(26)13-17/h2-14,22H,1H3,(H,27,28). The van der Waals surface area contributed by atoms with Gasteiger partial charge in [-0.1, -0.05) is 65.7 Å². The molecule has 1 N–H and O–H groups in total. The molecule has 1 heterocycles. The summed E-state index contributed by atoms with van der Waals surface area (Å²) in [4.78, 5) is 16.5. The second-order valence-electron chi connectivity index (χ2n) is 6.74. The molecule has 1 unspecified atom stereocenters. The third kappa shape index (κ3) is 5.04. The van der Waals surface area contributed by atoms with Crippen molar-refractivity contribution in [2.24, 2.45) is 0 Å². The molecule has 0 aliphatic carbocycles. The fourth-order valence-electron chi connectivity index (χ4n) is 3.01. The lowest BCUT2D eigenvalue weighted by molar-refractivity contribution is -0.149. The van der Waals surface area contributed by atoms with E-state index in [-0.39, 0.29) is 0 Å². The quantitative estimate of drug-likeness (QED) is 0.304. The van der Waals surface area contributed by atoms with Gasteiger partial charge >= 0.3 is 5.97 Å². The van der Waals surface area contributed by atoms with Crippen molar-refractivity contribution in [3.63, 3.8) is 0 Å². The maximum absolute atomic E-state index is 12.3. The third-order valence-electron chi connectivity index (χ3n) is 4.57. The maximum atomic E-state index is 12.3. The van der Waals surface area contributed by atoms with Crippen molar-refractivity contribution in [1.82, 2.24) is 4.98 Å². The molecule has 0 fully saturated rings. The zero-order valence-electron chi connectivity index (χ0n) is 16.9. The van der Waals surface area contributed by atoms with Gasteiger partial charge in [0, 0.05) is 16.8 Å². The topological polar surface area (TPSA) is 73.6 Å². The first-order valence-corrected chi connectivity index (χ1v) is 10.4. The average molecular weight is 469 g/mol. The number of methoxy groups -OCH3 is 1. The van der Waals surface area contributed by atoms with E-state index in [9.17, 15) is 4.79 Å². The number of ether oxygens (including phenoxy) is 2. The molecule has 32 heavy (non-hydrogen) atoms. The van der Waals surface area contributed by atoms with Crippen molar-refractivity contribution in [3.8, 4) is 17.1 Å². The van der Waals surface area contributed by atoms with Gasteiger partial charge in [-0.3, -0.25) is 0 Å². The number of nitrogens with zero attached hydrogens (tertiary/aromatic N) is 1. The van der Waals surface area contributed by atoms with E-state index >= 15 is 0 Å².